The fraction of sp³-hybridized carbons (Fsp3) is 0.636. The van der Waals surface area contributed by atoms with Gasteiger partial charge in [-0.1, -0.05) is 27.7 Å². The summed E-state index contributed by atoms with van der Waals surface area (Å²) in [6, 6.07) is 0. The highest BCUT2D eigenvalue weighted by molar-refractivity contribution is 7.13. The minimum atomic E-state index is -0.979. The zero-order chi connectivity index (χ0) is 12.3. The summed E-state index contributed by atoms with van der Waals surface area (Å²) in [5.74, 6) is -0.425. The Kier molecular flexibility index (Phi) is 3.91. The number of carbonyl (C=O) groups is 1. The van der Waals surface area contributed by atoms with Crippen molar-refractivity contribution in [2.24, 2.45) is 11.3 Å². The van der Waals surface area contributed by atoms with Crippen LogP contribution < -0.4 is 5.32 Å². The average molecular weight is 242 g/mol. The van der Waals surface area contributed by atoms with Gasteiger partial charge in [-0.15, -0.1) is 11.3 Å². The molecular formula is C11H18N2O2S. The Morgan fingerprint density at radius 3 is 2.69 bits per heavy atom. The van der Waals surface area contributed by atoms with Crippen molar-refractivity contribution in [3.8, 4) is 0 Å². The first-order valence-corrected chi connectivity index (χ1v) is 6.13. The molecule has 2 N–H and O–H groups in total. The lowest BCUT2D eigenvalue weighted by atomic mass is 9.81. The molecule has 0 aliphatic carbocycles. The maximum atomic E-state index is 10.6. The Morgan fingerprint density at radius 1 is 1.62 bits per heavy atom. The van der Waals surface area contributed by atoms with Gasteiger partial charge in [-0.25, -0.2) is 9.78 Å². The Hall–Kier alpha value is -1.10. The maximum Gasteiger partial charge on any atom is 0.355 e. The summed E-state index contributed by atoms with van der Waals surface area (Å²) in [6.07, 6.45) is 0. The first kappa shape index (κ1) is 13.0. The summed E-state index contributed by atoms with van der Waals surface area (Å²) in [7, 11) is 0. The quantitative estimate of drug-likeness (QED) is 0.833. The lowest BCUT2D eigenvalue weighted by Crippen LogP contribution is -2.28. The maximum absolute atomic E-state index is 10.6. The van der Waals surface area contributed by atoms with Gasteiger partial charge < -0.3 is 10.4 Å². The van der Waals surface area contributed by atoms with Crippen LogP contribution in [0.15, 0.2) is 5.38 Å². The molecule has 1 rings (SSSR count). The SMILES string of the molecule is CC(C)C(C)(C)CNc1nc(C(=O)O)cs1. The Morgan fingerprint density at radius 2 is 2.25 bits per heavy atom. The van der Waals surface area contributed by atoms with Gasteiger partial charge in [-0.3, -0.25) is 0 Å². The number of carboxylic acids is 1. The van der Waals surface area contributed by atoms with Gasteiger partial charge in [0.2, 0.25) is 0 Å². The van der Waals surface area contributed by atoms with E-state index >= 15 is 0 Å². The third kappa shape index (κ3) is 3.20. The molecule has 16 heavy (non-hydrogen) atoms. The van der Waals surface area contributed by atoms with Gasteiger partial charge in [0.15, 0.2) is 10.8 Å². The molecule has 0 saturated heterocycles. The molecule has 0 aliphatic heterocycles. The molecular weight excluding hydrogens is 224 g/mol. The molecule has 1 heterocycles. The van der Waals surface area contributed by atoms with Gasteiger partial charge in [0, 0.05) is 11.9 Å². The number of hydrogen-bond acceptors (Lipinski definition) is 4. The van der Waals surface area contributed by atoms with Gasteiger partial charge in [-0.05, 0) is 11.3 Å². The van der Waals surface area contributed by atoms with E-state index in [0.717, 1.165) is 6.54 Å². The smallest absolute Gasteiger partial charge is 0.355 e. The van der Waals surface area contributed by atoms with Crippen LogP contribution in [0.2, 0.25) is 0 Å². The topological polar surface area (TPSA) is 62.2 Å². The highest BCUT2D eigenvalue weighted by Crippen LogP contribution is 2.27. The number of anilines is 1. The molecule has 0 aliphatic rings. The van der Waals surface area contributed by atoms with E-state index in [-0.39, 0.29) is 11.1 Å². The predicted molar refractivity (Wildman–Crippen MR) is 66.2 cm³/mol. The summed E-state index contributed by atoms with van der Waals surface area (Å²) < 4.78 is 0. The van der Waals surface area contributed by atoms with Crippen molar-refractivity contribution < 1.29 is 9.90 Å². The summed E-state index contributed by atoms with van der Waals surface area (Å²) in [5, 5.41) is 14.1. The molecule has 0 saturated carbocycles. The number of nitrogens with one attached hydrogen (secondary N) is 1. The molecule has 0 bridgehead atoms. The first-order chi connectivity index (χ1) is 7.33. The Balaban J connectivity index is 2.58. The van der Waals surface area contributed by atoms with E-state index in [1.807, 2.05) is 0 Å². The lowest BCUT2D eigenvalue weighted by Gasteiger charge is -2.29. The zero-order valence-electron chi connectivity index (χ0n) is 10.1. The van der Waals surface area contributed by atoms with Crippen molar-refractivity contribution in [1.82, 2.24) is 4.98 Å². The van der Waals surface area contributed by atoms with Crippen LogP contribution in [0.4, 0.5) is 5.13 Å². The van der Waals surface area contributed by atoms with E-state index in [2.05, 4.69) is 38.0 Å². The molecule has 1 aromatic heterocycles. The van der Waals surface area contributed by atoms with Gasteiger partial charge in [0.05, 0.1) is 0 Å². The van der Waals surface area contributed by atoms with Crippen molar-refractivity contribution in [2.75, 3.05) is 11.9 Å². The van der Waals surface area contributed by atoms with E-state index in [4.69, 9.17) is 5.11 Å². The molecule has 4 nitrogen and oxygen atoms in total. The number of nitrogens with zero attached hydrogens (tertiary/aromatic N) is 1. The second-order valence-electron chi connectivity index (χ2n) is 4.84. The highest BCUT2D eigenvalue weighted by atomic mass is 32.1. The van der Waals surface area contributed by atoms with Crippen molar-refractivity contribution >= 4 is 22.4 Å². The molecule has 5 heteroatoms. The van der Waals surface area contributed by atoms with Gasteiger partial charge in [-0.2, -0.15) is 0 Å². The second-order valence-corrected chi connectivity index (χ2v) is 5.70. The minimum absolute atomic E-state index is 0.106. The summed E-state index contributed by atoms with van der Waals surface area (Å²) >= 11 is 1.33. The van der Waals surface area contributed by atoms with E-state index in [1.54, 1.807) is 5.38 Å². The van der Waals surface area contributed by atoms with Crippen LogP contribution in [0.5, 0.6) is 0 Å². The highest BCUT2D eigenvalue weighted by Gasteiger charge is 2.22. The normalized spacial score (nSPS) is 11.8. The van der Waals surface area contributed by atoms with Gasteiger partial charge in [0.1, 0.15) is 0 Å². The molecule has 0 atom stereocenters. The predicted octanol–water partition coefficient (Wildman–Crippen LogP) is 2.94. The number of aromatic nitrogens is 1. The third-order valence-corrected chi connectivity index (χ3v) is 3.78. The monoisotopic (exact) mass is 242 g/mol. The van der Waals surface area contributed by atoms with Crippen LogP contribution in [0.1, 0.15) is 38.2 Å². The molecule has 0 radical (unpaired) electrons. The van der Waals surface area contributed by atoms with E-state index in [0.29, 0.717) is 11.0 Å². The summed E-state index contributed by atoms with van der Waals surface area (Å²) in [5.41, 5.74) is 0.268. The molecule has 1 aromatic rings. The fourth-order valence-corrected chi connectivity index (χ4v) is 1.64. The molecule has 0 amide bonds. The summed E-state index contributed by atoms with van der Waals surface area (Å²) in [4.78, 5) is 14.6. The first-order valence-electron chi connectivity index (χ1n) is 5.25. The van der Waals surface area contributed by atoms with Gasteiger partial charge >= 0.3 is 5.97 Å². The molecule has 0 fully saturated rings. The Labute approximate surface area is 99.7 Å². The number of aromatic carboxylic acids is 1. The second kappa shape index (κ2) is 4.82. The Bertz CT molecular complexity index is 372. The van der Waals surface area contributed by atoms with Crippen LogP contribution in [0, 0.1) is 11.3 Å². The standard InChI is InChI=1S/C11H18N2O2S/c1-7(2)11(3,4)6-12-10-13-8(5-16-10)9(14)15/h5,7H,6H2,1-4H3,(H,12,13)(H,14,15). The zero-order valence-corrected chi connectivity index (χ0v) is 10.9. The van der Waals surface area contributed by atoms with Crippen LogP contribution in [0.25, 0.3) is 0 Å². The number of thiazole rings is 1. The van der Waals surface area contributed by atoms with E-state index in [1.165, 1.54) is 11.3 Å². The van der Waals surface area contributed by atoms with E-state index in [9.17, 15) is 4.79 Å². The largest absolute Gasteiger partial charge is 0.476 e. The molecule has 90 valence electrons. The van der Waals surface area contributed by atoms with Crippen LogP contribution in [0.3, 0.4) is 0 Å². The third-order valence-electron chi connectivity index (χ3n) is 2.98. The van der Waals surface area contributed by atoms with Crippen molar-refractivity contribution in [3.05, 3.63) is 11.1 Å². The average Bonchev–Trinajstić information content (AvgIpc) is 2.63. The van der Waals surface area contributed by atoms with Crippen LogP contribution in [-0.2, 0) is 0 Å². The summed E-state index contributed by atoms with van der Waals surface area (Å²) in [6.45, 7) is 9.49. The fourth-order valence-electron chi connectivity index (χ4n) is 0.961. The van der Waals surface area contributed by atoms with Crippen LogP contribution >= 0.6 is 11.3 Å². The van der Waals surface area contributed by atoms with E-state index < -0.39 is 5.97 Å². The lowest BCUT2D eigenvalue weighted by molar-refractivity contribution is 0.0691. The molecule has 0 spiro atoms. The number of carboxylic acid groups (broad SMARTS) is 1. The van der Waals surface area contributed by atoms with Crippen molar-refractivity contribution in [3.63, 3.8) is 0 Å². The van der Waals surface area contributed by atoms with Gasteiger partial charge in [0.25, 0.3) is 0 Å². The molecule has 0 unspecified atom stereocenters. The minimum Gasteiger partial charge on any atom is -0.476 e. The number of hydrogen-bond donors (Lipinski definition) is 2. The van der Waals surface area contributed by atoms with Crippen molar-refractivity contribution in [2.45, 2.75) is 27.7 Å². The van der Waals surface area contributed by atoms with Crippen molar-refractivity contribution in [1.29, 1.82) is 0 Å². The number of rotatable bonds is 5. The van der Waals surface area contributed by atoms with Crippen LogP contribution in [-0.4, -0.2) is 22.6 Å². The molecule has 0 aromatic carbocycles.